The third kappa shape index (κ3) is 4.02. The predicted molar refractivity (Wildman–Crippen MR) is 113 cm³/mol. The van der Waals surface area contributed by atoms with Gasteiger partial charge in [-0.3, -0.25) is 9.78 Å². The Labute approximate surface area is 169 Å². The highest BCUT2D eigenvalue weighted by Crippen LogP contribution is 2.38. The molecule has 0 aliphatic heterocycles. The lowest BCUT2D eigenvalue weighted by atomic mass is 9.90. The van der Waals surface area contributed by atoms with E-state index in [4.69, 9.17) is 0 Å². The average Bonchev–Trinajstić information content (AvgIpc) is 2.68. The maximum absolute atomic E-state index is 11.5. The molecule has 1 N–H and O–H groups in total. The number of pyridine rings is 1. The number of carboxylic acids is 1. The number of fused-ring (bicyclic) bond motifs is 1. The van der Waals surface area contributed by atoms with Gasteiger partial charge in [-0.15, -0.1) is 11.8 Å². The monoisotopic (exact) mass is 390 g/mol. The van der Waals surface area contributed by atoms with Crippen LogP contribution in [0.1, 0.15) is 43.4 Å². The first kappa shape index (κ1) is 19.9. The van der Waals surface area contributed by atoms with Crippen LogP contribution in [0.5, 0.6) is 0 Å². The van der Waals surface area contributed by atoms with Crippen LogP contribution in [0.3, 0.4) is 0 Å². The fourth-order valence-electron chi connectivity index (χ4n) is 3.25. The van der Waals surface area contributed by atoms with Gasteiger partial charge in [-0.1, -0.05) is 37.3 Å². The minimum atomic E-state index is -0.920. The van der Waals surface area contributed by atoms with Gasteiger partial charge in [0.05, 0.1) is 11.6 Å². The molecule has 1 heterocycles. The molecule has 0 aliphatic carbocycles. The van der Waals surface area contributed by atoms with Gasteiger partial charge < -0.3 is 5.11 Å². The van der Waals surface area contributed by atoms with Crippen LogP contribution >= 0.6 is 11.8 Å². The van der Waals surface area contributed by atoms with Crippen LogP contribution in [-0.4, -0.2) is 20.8 Å². The molecular weight excluding hydrogens is 368 g/mol. The number of benzene rings is 2. The number of thioether (sulfide) groups is 1. The molecule has 0 spiro atoms. The summed E-state index contributed by atoms with van der Waals surface area (Å²) in [4.78, 5) is 16.7. The largest absolute Gasteiger partial charge is 0.480 e. The summed E-state index contributed by atoms with van der Waals surface area (Å²) in [5.41, 5.74) is 2.88. The van der Waals surface area contributed by atoms with Crippen molar-refractivity contribution in [2.45, 2.75) is 42.8 Å². The van der Waals surface area contributed by atoms with Crippen molar-refractivity contribution in [3.05, 3.63) is 71.5 Å². The van der Waals surface area contributed by atoms with Crippen molar-refractivity contribution in [2.24, 2.45) is 0 Å². The van der Waals surface area contributed by atoms with E-state index < -0.39 is 10.7 Å². The van der Waals surface area contributed by atoms with Gasteiger partial charge in [-0.2, -0.15) is 5.26 Å². The Morgan fingerprint density at radius 3 is 2.61 bits per heavy atom. The molecule has 3 aromatic rings. The number of hydrogen-bond donors (Lipinski definition) is 1. The number of rotatable bonds is 6. The number of carbonyl (C=O) groups is 1. The van der Waals surface area contributed by atoms with E-state index in [0.29, 0.717) is 5.56 Å². The van der Waals surface area contributed by atoms with Crippen LogP contribution in [0.25, 0.3) is 10.8 Å². The minimum absolute atomic E-state index is 0.150. The SMILES string of the molecule is CC(Cc1ccc(C#N)c2ccccc12)c1cnccc1SC(C)(C)C(=O)O. The lowest BCUT2D eigenvalue weighted by Crippen LogP contribution is -2.27. The van der Waals surface area contributed by atoms with E-state index in [1.807, 2.05) is 48.7 Å². The first-order valence-corrected chi connectivity index (χ1v) is 9.92. The molecule has 1 unspecified atom stereocenters. The van der Waals surface area contributed by atoms with Gasteiger partial charge in [0.2, 0.25) is 0 Å². The van der Waals surface area contributed by atoms with E-state index in [0.717, 1.165) is 27.7 Å². The van der Waals surface area contributed by atoms with Crippen molar-refractivity contribution in [3.63, 3.8) is 0 Å². The zero-order chi connectivity index (χ0) is 20.3. The molecule has 2 aromatic carbocycles. The Kier molecular flexibility index (Phi) is 5.71. The van der Waals surface area contributed by atoms with Gasteiger partial charge in [0, 0.05) is 17.3 Å². The normalized spacial score (nSPS) is 12.5. The van der Waals surface area contributed by atoms with Crippen LogP contribution in [-0.2, 0) is 11.2 Å². The Morgan fingerprint density at radius 1 is 1.21 bits per heavy atom. The van der Waals surface area contributed by atoms with Crippen LogP contribution in [0.15, 0.2) is 59.8 Å². The molecule has 0 fully saturated rings. The Hall–Kier alpha value is -2.84. The molecule has 28 heavy (non-hydrogen) atoms. The number of aliphatic carboxylic acids is 1. The highest BCUT2D eigenvalue weighted by Gasteiger charge is 2.30. The summed E-state index contributed by atoms with van der Waals surface area (Å²) >= 11 is 1.35. The second-order valence-corrected chi connectivity index (χ2v) is 9.03. The van der Waals surface area contributed by atoms with Gasteiger partial charge in [0.15, 0.2) is 0 Å². The van der Waals surface area contributed by atoms with E-state index in [1.54, 1.807) is 20.0 Å². The van der Waals surface area contributed by atoms with Gasteiger partial charge in [0.1, 0.15) is 4.75 Å². The first-order chi connectivity index (χ1) is 13.3. The summed E-state index contributed by atoms with van der Waals surface area (Å²) in [6.45, 7) is 5.55. The van der Waals surface area contributed by atoms with Gasteiger partial charge in [-0.05, 0) is 60.2 Å². The molecule has 0 bridgehead atoms. The molecule has 0 aliphatic rings. The van der Waals surface area contributed by atoms with Crippen molar-refractivity contribution in [1.82, 2.24) is 4.98 Å². The molecule has 1 aromatic heterocycles. The average molecular weight is 391 g/mol. The van der Waals surface area contributed by atoms with Gasteiger partial charge >= 0.3 is 5.97 Å². The molecule has 142 valence electrons. The molecule has 0 radical (unpaired) electrons. The summed E-state index contributed by atoms with van der Waals surface area (Å²) in [6, 6.07) is 16.0. The molecular formula is C23H22N2O2S. The number of nitriles is 1. The minimum Gasteiger partial charge on any atom is -0.480 e. The maximum Gasteiger partial charge on any atom is 0.319 e. The van der Waals surface area contributed by atoms with Gasteiger partial charge in [-0.25, -0.2) is 0 Å². The zero-order valence-corrected chi connectivity index (χ0v) is 17.0. The Morgan fingerprint density at radius 2 is 1.93 bits per heavy atom. The topological polar surface area (TPSA) is 74.0 Å². The van der Waals surface area contributed by atoms with Crippen molar-refractivity contribution in [1.29, 1.82) is 5.26 Å². The first-order valence-electron chi connectivity index (χ1n) is 9.10. The van der Waals surface area contributed by atoms with E-state index in [1.165, 1.54) is 17.3 Å². The number of carboxylic acid groups (broad SMARTS) is 1. The van der Waals surface area contributed by atoms with Gasteiger partial charge in [0.25, 0.3) is 0 Å². The van der Waals surface area contributed by atoms with Crippen molar-refractivity contribution in [2.75, 3.05) is 0 Å². The molecule has 3 rings (SSSR count). The summed E-state index contributed by atoms with van der Waals surface area (Å²) in [5.74, 6) is -0.692. The highest BCUT2D eigenvalue weighted by molar-refractivity contribution is 8.01. The zero-order valence-electron chi connectivity index (χ0n) is 16.1. The third-order valence-corrected chi connectivity index (χ3v) is 6.16. The second-order valence-electron chi connectivity index (χ2n) is 7.37. The maximum atomic E-state index is 11.5. The summed E-state index contributed by atoms with van der Waals surface area (Å²) < 4.78 is -0.920. The molecule has 1 atom stereocenters. The van der Waals surface area contributed by atoms with E-state index in [9.17, 15) is 15.2 Å². The Bertz CT molecular complexity index is 1070. The molecule has 0 amide bonds. The van der Waals surface area contributed by atoms with Crippen LogP contribution in [0.4, 0.5) is 0 Å². The third-order valence-electron chi connectivity index (χ3n) is 4.88. The summed E-state index contributed by atoms with van der Waals surface area (Å²) in [6.07, 6.45) is 4.31. The van der Waals surface area contributed by atoms with Crippen LogP contribution in [0, 0.1) is 11.3 Å². The molecule has 4 nitrogen and oxygen atoms in total. The number of nitrogens with zero attached hydrogens (tertiary/aromatic N) is 2. The lowest BCUT2D eigenvalue weighted by Gasteiger charge is -2.22. The van der Waals surface area contributed by atoms with E-state index in [2.05, 4.69) is 18.0 Å². The smallest absolute Gasteiger partial charge is 0.319 e. The second kappa shape index (κ2) is 8.04. The fourth-order valence-corrected chi connectivity index (χ4v) is 4.39. The fraction of sp³-hybridized carbons (Fsp3) is 0.261. The highest BCUT2D eigenvalue weighted by atomic mass is 32.2. The predicted octanol–water partition coefficient (Wildman–Crippen LogP) is 5.41. The van der Waals surface area contributed by atoms with E-state index >= 15 is 0 Å². The summed E-state index contributed by atoms with van der Waals surface area (Å²) in [5, 5.41) is 20.9. The van der Waals surface area contributed by atoms with Crippen molar-refractivity contribution in [3.8, 4) is 6.07 Å². The standard InChI is InChI=1S/C23H22N2O2S/c1-15(20-14-25-11-10-21(20)28-23(2,3)22(26)27)12-16-8-9-17(13-24)19-7-5-4-6-18(16)19/h4-11,14-15H,12H2,1-3H3,(H,26,27). The molecule has 5 heteroatoms. The molecule has 0 saturated heterocycles. The van der Waals surface area contributed by atoms with Crippen LogP contribution in [0.2, 0.25) is 0 Å². The molecule has 0 saturated carbocycles. The van der Waals surface area contributed by atoms with Crippen molar-refractivity contribution < 1.29 is 9.90 Å². The lowest BCUT2D eigenvalue weighted by molar-refractivity contribution is -0.138. The van der Waals surface area contributed by atoms with Crippen molar-refractivity contribution >= 4 is 28.5 Å². The van der Waals surface area contributed by atoms with E-state index in [-0.39, 0.29) is 5.92 Å². The summed E-state index contributed by atoms with van der Waals surface area (Å²) in [7, 11) is 0. The number of hydrogen-bond acceptors (Lipinski definition) is 4. The quantitative estimate of drug-likeness (QED) is 0.570. The number of aromatic nitrogens is 1. The van der Waals surface area contributed by atoms with Crippen LogP contribution < -0.4 is 0 Å². The Balaban J connectivity index is 1.95.